The van der Waals surface area contributed by atoms with Gasteiger partial charge in [0.15, 0.2) is 0 Å². The average molecular weight is 254 g/mol. The van der Waals surface area contributed by atoms with Crippen molar-refractivity contribution in [1.29, 1.82) is 0 Å². The van der Waals surface area contributed by atoms with E-state index in [1.165, 1.54) is 12.1 Å². The lowest BCUT2D eigenvalue weighted by Crippen LogP contribution is -2.14. The molecule has 90 valence electrons. The zero-order chi connectivity index (χ0) is 12.7. The summed E-state index contributed by atoms with van der Waals surface area (Å²) >= 11 is 5.69. The predicted octanol–water partition coefficient (Wildman–Crippen LogP) is 2.02. The molecule has 0 aliphatic carbocycles. The number of ether oxygens (including phenoxy) is 1. The van der Waals surface area contributed by atoms with E-state index in [0.29, 0.717) is 5.69 Å². The van der Waals surface area contributed by atoms with Gasteiger partial charge in [0.05, 0.1) is 18.1 Å². The van der Waals surface area contributed by atoms with E-state index in [0.717, 1.165) is 0 Å². The fourth-order valence-corrected chi connectivity index (χ4v) is 1.28. The number of carbonyl (C=O) groups excluding carboxylic acids is 1. The molecule has 0 fully saturated rings. The Morgan fingerprint density at radius 1 is 1.59 bits per heavy atom. The fourth-order valence-electron chi connectivity index (χ4n) is 1.10. The summed E-state index contributed by atoms with van der Waals surface area (Å²) in [5, 5.41) is 12.0. The third kappa shape index (κ3) is 4.77. The molecule has 0 atom stereocenters. The lowest BCUT2D eigenvalue weighted by molar-refractivity contribution is -0.117. The first-order valence-electron chi connectivity index (χ1n) is 4.93. The van der Waals surface area contributed by atoms with E-state index in [4.69, 9.17) is 22.8 Å². The largest absolute Gasteiger partial charge is 0.506 e. The average Bonchev–Trinajstić information content (AvgIpc) is 2.30. The van der Waals surface area contributed by atoms with Crippen LogP contribution in [0.2, 0.25) is 5.02 Å². The summed E-state index contributed by atoms with van der Waals surface area (Å²) in [5.41, 5.74) is 0.523. The predicted molar refractivity (Wildman–Crippen MR) is 66.0 cm³/mol. The number of phenolic OH excluding ortho intramolecular Hbond substituents is 1. The maximum absolute atomic E-state index is 11.4. The van der Waals surface area contributed by atoms with Crippen LogP contribution in [0.15, 0.2) is 18.2 Å². The summed E-state index contributed by atoms with van der Waals surface area (Å²) in [4.78, 5) is 11.4. The fraction of sp³-hybridized carbons (Fsp3) is 0.250. The summed E-state index contributed by atoms with van der Waals surface area (Å²) in [5.74, 6) is 2.07. The molecule has 0 unspecified atom stereocenters. The molecule has 2 N–H and O–H groups in total. The molecule has 5 heteroatoms. The van der Waals surface area contributed by atoms with Crippen molar-refractivity contribution in [1.82, 2.24) is 0 Å². The van der Waals surface area contributed by atoms with Crippen LogP contribution in [0.3, 0.4) is 0 Å². The van der Waals surface area contributed by atoms with Crippen molar-refractivity contribution in [3.05, 3.63) is 23.2 Å². The summed E-state index contributed by atoms with van der Waals surface area (Å²) < 4.78 is 4.97. The van der Waals surface area contributed by atoms with Crippen LogP contribution in [-0.4, -0.2) is 24.2 Å². The van der Waals surface area contributed by atoms with Gasteiger partial charge in [0.1, 0.15) is 12.4 Å². The topological polar surface area (TPSA) is 58.6 Å². The number of hydrogen-bond donors (Lipinski definition) is 2. The minimum Gasteiger partial charge on any atom is -0.506 e. The Kier molecular flexibility index (Phi) is 5.34. The summed E-state index contributed by atoms with van der Waals surface area (Å²) in [6.45, 7) is 0.458. The smallest absolute Gasteiger partial charge is 0.226 e. The minimum absolute atomic E-state index is 0.0259. The molecule has 0 saturated heterocycles. The standard InChI is InChI=1S/C12H12ClNO3/c1-2-6-17-7-5-12(16)14-9-3-4-11(15)10(13)8-9/h1,3-4,8,15H,5-7H2,(H,14,16). The SMILES string of the molecule is C#CCOCCC(=O)Nc1ccc(O)c(Cl)c1. The molecule has 1 rings (SSSR count). The highest BCUT2D eigenvalue weighted by molar-refractivity contribution is 6.32. The van der Waals surface area contributed by atoms with E-state index < -0.39 is 0 Å². The molecular formula is C12H12ClNO3. The van der Waals surface area contributed by atoms with Crippen LogP contribution in [0.5, 0.6) is 5.75 Å². The Hall–Kier alpha value is -1.70. The highest BCUT2D eigenvalue weighted by atomic mass is 35.5. The first-order valence-corrected chi connectivity index (χ1v) is 5.31. The second-order valence-corrected chi connectivity index (χ2v) is 3.63. The second-order valence-electron chi connectivity index (χ2n) is 3.22. The van der Waals surface area contributed by atoms with Gasteiger partial charge in [0.25, 0.3) is 0 Å². The van der Waals surface area contributed by atoms with Crippen LogP contribution in [0.4, 0.5) is 5.69 Å². The minimum atomic E-state index is -0.205. The molecule has 0 bridgehead atoms. The number of halogens is 1. The molecule has 1 aromatic carbocycles. The molecule has 0 aliphatic heterocycles. The number of amides is 1. The van der Waals surface area contributed by atoms with Crippen molar-refractivity contribution in [2.75, 3.05) is 18.5 Å². The maximum Gasteiger partial charge on any atom is 0.226 e. The number of nitrogens with one attached hydrogen (secondary N) is 1. The molecule has 0 radical (unpaired) electrons. The Bertz CT molecular complexity index is 440. The molecule has 0 aromatic heterocycles. The van der Waals surface area contributed by atoms with Gasteiger partial charge in [-0.3, -0.25) is 4.79 Å². The Labute approximate surface area is 105 Å². The van der Waals surface area contributed by atoms with Gasteiger partial charge in [-0.25, -0.2) is 0 Å². The number of carbonyl (C=O) groups is 1. The molecule has 0 heterocycles. The van der Waals surface area contributed by atoms with Crippen molar-refractivity contribution < 1.29 is 14.6 Å². The van der Waals surface area contributed by atoms with Crippen molar-refractivity contribution in [3.8, 4) is 18.1 Å². The number of terminal acetylenes is 1. The quantitative estimate of drug-likeness (QED) is 0.480. The molecule has 17 heavy (non-hydrogen) atoms. The lowest BCUT2D eigenvalue weighted by Gasteiger charge is -2.06. The number of hydrogen-bond acceptors (Lipinski definition) is 3. The Morgan fingerprint density at radius 3 is 3.00 bits per heavy atom. The summed E-state index contributed by atoms with van der Waals surface area (Å²) in [7, 11) is 0. The number of anilines is 1. The molecule has 0 saturated carbocycles. The molecule has 4 nitrogen and oxygen atoms in total. The van der Waals surface area contributed by atoms with E-state index in [1.54, 1.807) is 6.07 Å². The molecule has 0 aliphatic rings. The summed E-state index contributed by atoms with van der Waals surface area (Å²) in [6.07, 6.45) is 5.19. The lowest BCUT2D eigenvalue weighted by atomic mass is 10.3. The number of aromatic hydroxyl groups is 1. The van der Waals surface area contributed by atoms with Gasteiger partial charge < -0.3 is 15.2 Å². The van der Waals surface area contributed by atoms with Gasteiger partial charge in [-0.1, -0.05) is 17.5 Å². The van der Waals surface area contributed by atoms with Crippen molar-refractivity contribution in [2.24, 2.45) is 0 Å². The zero-order valence-electron chi connectivity index (χ0n) is 9.07. The third-order valence-corrected chi connectivity index (χ3v) is 2.19. The van der Waals surface area contributed by atoms with E-state index in [1.807, 2.05) is 0 Å². The van der Waals surface area contributed by atoms with E-state index >= 15 is 0 Å². The highest BCUT2D eigenvalue weighted by Crippen LogP contribution is 2.25. The van der Waals surface area contributed by atoms with Gasteiger partial charge in [-0.15, -0.1) is 6.42 Å². The van der Waals surface area contributed by atoms with Crippen molar-refractivity contribution in [3.63, 3.8) is 0 Å². The third-order valence-electron chi connectivity index (χ3n) is 1.89. The van der Waals surface area contributed by atoms with E-state index in [-0.39, 0.29) is 36.3 Å². The van der Waals surface area contributed by atoms with Gasteiger partial charge >= 0.3 is 0 Å². The van der Waals surface area contributed by atoms with Gasteiger partial charge in [-0.05, 0) is 18.2 Å². The van der Waals surface area contributed by atoms with Crippen LogP contribution >= 0.6 is 11.6 Å². The van der Waals surface area contributed by atoms with Crippen LogP contribution in [0.1, 0.15) is 6.42 Å². The highest BCUT2D eigenvalue weighted by Gasteiger charge is 2.04. The molecular weight excluding hydrogens is 242 g/mol. The number of rotatable bonds is 5. The van der Waals surface area contributed by atoms with Gasteiger partial charge in [0.2, 0.25) is 5.91 Å². The van der Waals surface area contributed by atoms with Gasteiger partial charge in [0, 0.05) is 5.69 Å². The maximum atomic E-state index is 11.4. The second kappa shape index (κ2) is 6.79. The van der Waals surface area contributed by atoms with Crippen molar-refractivity contribution >= 4 is 23.2 Å². The molecule has 1 aromatic rings. The van der Waals surface area contributed by atoms with E-state index in [2.05, 4.69) is 11.2 Å². The van der Waals surface area contributed by atoms with E-state index in [9.17, 15) is 9.90 Å². The first kappa shape index (κ1) is 13.4. The van der Waals surface area contributed by atoms with Crippen LogP contribution in [0, 0.1) is 12.3 Å². The number of benzene rings is 1. The van der Waals surface area contributed by atoms with Crippen LogP contribution < -0.4 is 5.32 Å². The summed E-state index contributed by atoms with van der Waals surface area (Å²) in [6, 6.07) is 4.44. The number of phenols is 1. The Morgan fingerprint density at radius 2 is 2.35 bits per heavy atom. The zero-order valence-corrected chi connectivity index (χ0v) is 9.83. The Balaban J connectivity index is 2.40. The van der Waals surface area contributed by atoms with Crippen LogP contribution in [0.25, 0.3) is 0 Å². The van der Waals surface area contributed by atoms with Gasteiger partial charge in [-0.2, -0.15) is 0 Å². The first-order chi connectivity index (χ1) is 8.13. The monoisotopic (exact) mass is 253 g/mol. The normalized spacial score (nSPS) is 9.65. The van der Waals surface area contributed by atoms with Crippen molar-refractivity contribution in [2.45, 2.75) is 6.42 Å². The van der Waals surface area contributed by atoms with Crippen LogP contribution in [-0.2, 0) is 9.53 Å². The molecule has 0 spiro atoms. The molecule has 1 amide bonds.